The number of carbonyl (C=O) groups is 3. The maximum Gasteiger partial charge on any atom is 0.343 e. The fraction of sp³-hybridized carbons (Fsp3) is 0.261. The summed E-state index contributed by atoms with van der Waals surface area (Å²) in [5, 5.41) is -0.305. The van der Waals surface area contributed by atoms with E-state index >= 15 is 0 Å². The highest BCUT2D eigenvalue weighted by Crippen LogP contribution is 2.35. The third-order valence-corrected chi connectivity index (χ3v) is 5.34. The number of methoxy groups -OCH3 is 1. The maximum atomic E-state index is 12.8. The van der Waals surface area contributed by atoms with Gasteiger partial charge in [0.1, 0.15) is 0 Å². The lowest BCUT2D eigenvalue weighted by atomic mass is 10.1. The fourth-order valence-electron chi connectivity index (χ4n) is 2.98. The topological polar surface area (TPSA) is 82.1 Å². The average molecular weight is 442 g/mol. The lowest BCUT2D eigenvalue weighted by molar-refractivity contribution is -0.142. The molecule has 0 unspecified atom stereocenters. The van der Waals surface area contributed by atoms with E-state index in [2.05, 4.69) is 4.74 Å². The standard InChI is InChI=1S/C23H23NO6S/c1-4-29-19-11-16(8-9-18(19)30-14-21(25)28-3)12-20-22(26)24(23(27)31-20)13-17-7-5-6-15(2)10-17/h5-12H,4,13-14H2,1-3H3/b20-12-. The zero-order valence-corrected chi connectivity index (χ0v) is 18.4. The summed E-state index contributed by atoms with van der Waals surface area (Å²) in [6.07, 6.45) is 1.65. The Bertz CT molecular complexity index is 1030. The minimum absolute atomic E-state index is 0.230. The fourth-order valence-corrected chi connectivity index (χ4v) is 3.82. The van der Waals surface area contributed by atoms with Crippen LogP contribution in [0.25, 0.3) is 6.08 Å². The lowest BCUT2D eigenvalue weighted by Crippen LogP contribution is -2.27. The van der Waals surface area contributed by atoms with Crippen LogP contribution >= 0.6 is 11.8 Å². The summed E-state index contributed by atoms with van der Waals surface area (Å²) in [6.45, 7) is 4.17. The van der Waals surface area contributed by atoms with E-state index < -0.39 is 5.97 Å². The number of nitrogens with zero attached hydrogens (tertiary/aromatic N) is 1. The van der Waals surface area contributed by atoms with Gasteiger partial charge in [0.15, 0.2) is 18.1 Å². The normalized spacial score (nSPS) is 14.8. The number of benzene rings is 2. The Kier molecular flexibility index (Phi) is 7.36. The van der Waals surface area contributed by atoms with Crippen molar-refractivity contribution in [3.05, 3.63) is 64.1 Å². The average Bonchev–Trinajstić information content (AvgIpc) is 3.00. The van der Waals surface area contributed by atoms with E-state index in [-0.39, 0.29) is 24.3 Å². The van der Waals surface area contributed by atoms with Crippen LogP contribution in [0.1, 0.15) is 23.6 Å². The first-order valence-electron chi connectivity index (χ1n) is 9.68. The summed E-state index contributed by atoms with van der Waals surface area (Å²) in [5.41, 5.74) is 2.64. The molecular weight excluding hydrogens is 418 g/mol. The molecule has 162 valence electrons. The van der Waals surface area contributed by atoms with Crippen molar-refractivity contribution >= 4 is 35.0 Å². The van der Waals surface area contributed by atoms with Gasteiger partial charge in [0.25, 0.3) is 11.1 Å². The van der Waals surface area contributed by atoms with Crippen LogP contribution in [-0.4, -0.2) is 42.3 Å². The molecule has 0 saturated carbocycles. The highest BCUT2D eigenvalue weighted by atomic mass is 32.2. The molecule has 0 N–H and O–H groups in total. The van der Waals surface area contributed by atoms with Gasteiger partial charge in [-0.15, -0.1) is 0 Å². The first-order valence-corrected chi connectivity index (χ1v) is 10.5. The minimum Gasteiger partial charge on any atom is -0.490 e. The molecule has 1 fully saturated rings. The van der Waals surface area contributed by atoms with Crippen LogP contribution in [0.5, 0.6) is 11.5 Å². The molecule has 1 saturated heterocycles. The first kappa shape index (κ1) is 22.4. The van der Waals surface area contributed by atoms with Crippen molar-refractivity contribution in [3.8, 4) is 11.5 Å². The number of aryl methyl sites for hydroxylation is 1. The SMILES string of the molecule is CCOc1cc(/C=C2\SC(=O)N(Cc3cccc(C)c3)C2=O)ccc1OCC(=O)OC. The first-order chi connectivity index (χ1) is 14.9. The van der Waals surface area contributed by atoms with Gasteiger partial charge in [0, 0.05) is 0 Å². The molecule has 8 heteroatoms. The summed E-state index contributed by atoms with van der Waals surface area (Å²) in [6, 6.07) is 12.8. The molecular formula is C23H23NO6S. The highest BCUT2D eigenvalue weighted by molar-refractivity contribution is 8.18. The molecule has 1 heterocycles. The molecule has 0 aliphatic carbocycles. The molecule has 3 rings (SSSR count). The van der Waals surface area contributed by atoms with Gasteiger partial charge in [-0.3, -0.25) is 14.5 Å². The van der Waals surface area contributed by atoms with Crippen molar-refractivity contribution in [1.29, 1.82) is 0 Å². The number of rotatable bonds is 8. The Labute approximate surface area is 185 Å². The number of carbonyl (C=O) groups excluding carboxylic acids is 3. The van der Waals surface area contributed by atoms with Gasteiger partial charge < -0.3 is 14.2 Å². The molecule has 0 bridgehead atoms. The molecule has 2 aromatic carbocycles. The third-order valence-electron chi connectivity index (χ3n) is 4.44. The van der Waals surface area contributed by atoms with E-state index in [9.17, 15) is 14.4 Å². The molecule has 0 spiro atoms. The monoisotopic (exact) mass is 441 g/mol. The third kappa shape index (κ3) is 5.67. The van der Waals surface area contributed by atoms with Gasteiger partial charge in [-0.25, -0.2) is 4.79 Å². The molecule has 31 heavy (non-hydrogen) atoms. The quantitative estimate of drug-likeness (QED) is 0.449. The van der Waals surface area contributed by atoms with Gasteiger partial charge in [-0.2, -0.15) is 0 Å². The molecule has 2 aromatic rings. The molecule has 0 aromatic heterocycles. The number of ether oxygens (including phenoxy) is 3. The van der Waals surface area contributed by atoms with E-state index in [0.717, 1.165) is 22.9 Å². The zero-order valence-electron chi connectivity index (χ0n) is 17.5. The smallest absolute Gasteiger partial charge is 0.343 e. The van der Waals surface area contributed by atoms with Crippen molar-refractivity contribution in [2.45, 2.75) is 20.4 Å². The summed E-state index contributed by atoms with van der Waals surface area (Å²) in [4.78, 5) is 38.1. The van der Waals surface area contributed by atoms with Crippen LogP contribution in [0.3, 0.4) is 0 Å². The van der Waals surface area contributed by atoms with Gasteiger partial charge >= 0.3 is 5.97 Å². The zero-order chi connectivity index (χ0) is 22.4. The van der Waals surface area contributed by atoms with Crippen LogP contribution in [0.2, 0.25) is 0 Å². The number of thioether (sulfide) groups is 1. The molecule has 2 amide bonds. The second kappa shape index (κ2) is 10.2. The van der Waals surface area contributed by atoms with Crippen LogP contribution < -0.4 is 9.47 Å². The molecule has 0 atom stereocenters. The largest absolute Gasteiger partial charge is 0.490 e. The highest BCUT2D eigenvalue weighted by Gasteiger charge is 2.35. The van der Waals surface area contributed by atoms with Gasteiger partial charge in [0.05, 0.1) is 25.2 Å². The number of hydrogen-bond acceptors (Lipinski definition) is 7. The Balaban J connectivity index is 1.78. The van der Waals surface area contributed by atoms with E-state index in [1.165, 1.54) is 12.0 Å². The molecule has 0 radical (unpaired) electrons. The summed E-state index contributed by atoms with van der Waals surface area (Å²) in [7, 11) is 1.28. The van der Waals surface area contributed by atoms with E-state index in [0.29, 0.717) is 28.6 Å². The second-order valence-corrected chi connectivity index (χ2v) is 7.75. The minimum atomic E-state index is -0.506. The molecule has 7 nitrogen and oxygen atoms in total. The summed E-state index contributed by atoms with van der Waals surface area (Å²) >= 11 is 0.906. The van der Waals surface area contributed by atoms with Gasteiger partial charge in [-0.05, 0) is 54.9 Å². The van der Waals surface area contributed by atoms with Crippen molar-refractivity contribution in [2.75, 3.05) is 20.3 Å². The van der Waals surface area contributed by atoms with Crippen molar-refractivity contribution in [3.63, 3.8) is 0 Å². The van der Waals surface area contributed by atoms with Crippen LogP contribution in [0.4, 0.5) is 4.79 Å². The van der Waals surface area contributed by atoms with E-state index in [1.807, 2.05) is 38.1 Å². The maximum absolute atomic E-state index is 12.8. The Hall–Kier alpha value is -3.26. The molecule has 1 aliphatic rings. The Morgan fingerprint density at radius 1 is 1.10 bits per heavy atom. The number of hydrogen-bond donors (Lipinski definition) is 0. The van der Waals surface area contributed by atoms with Crippen LogP contribution in [0.15, 0.2) is 47.4 Å². The Morgan fingerprint density at radius 2 is 1.90 bits per heavy atom. The number of amides is 2. The van der Waals surface area contributed by atoms with Crippen LogP contribution in [0, 0.1) is 6.92 Å². The van der Waals surface area contributed by atoms with Crippen molar-refractivity contribution < 1.29 is 28.6 Å². The predicted molar refractivity (Wildman–Crippen MR) is 118 cm³/mol. The Morgan fingerprint density at radius 3 is 2.61 bits per heavy atom. The summed E-state index contributed by atoms with van der Waals surface area (Å²) in [5.74, 6) is -0.0228. The van der Waals surface area contributed by atoms with Crippen molar-refractivity contribution in [1.82, 2.24) is 4.90 Å². The van der Waals surface area contributed by atoms with E-state index in [1.54, 1.807) is 24.3 Å². The van der Waals surface area contributed by atoms with Gasteiger partial charge in [-0.1, -0.05) is 35.9 Å². The molecule has 1 aliphatic heterocycles. The van der Waals surface area contributed by atoms with Gasteiger partial charge in [0.2, 0.25) is 0 Å². The van der Waals surface area contributed by atoms with Crippen LogP contribution in [-0.2, 0) is 20.9 Å². The number of esters is 1. The number of imide groups is 1. The van der Waals surface area contributed by atoms with Crippen molar-refractivity contribution in [2.24, 2.45) is 0 Å². The second-order valence-electron chi connectivity index (χ2n) is 6.76. The summed E-state index contributed by atoms with van der Waals surface area (Å²) < 4.78 is 15.6. The van der Waals surface area contributed by atoms with E-state index in [4.69, 9.17) is 9.47 Å². The predicted octanol–water partition coefficient (Wildman–Crippen LogP) is 4.18. The lowest BCUT2D eigenvalue weighted by Gasteiger charge is -2.13.